The van der Waals surface area contributed by atoms with Crippen molar-refractivity contribution >= 4 is 11.8 Å². The van der Waals surface area contributed by atoms with Crippen LogP contribution in [-0.4, -0.2) is 35.5 Å². The Hall–Kier alpha value is -3.75. The van der Waals surface area contributed by atoms with Gasteiger partial charge in [0.25, 0.3) is 0 Å². The second-order valence-corrected chi connectivity index (χ2v) is 8.25. The van der Waals surface area contributed by atoms with Gasteiger partial charge in [0.15, 0.2) is 0 Å². The number of ether oxygens (including phenoxy) is 1. The maximum atomic E-state index is 13.0. The lowest BCUT2D eigenvalue weighted by Crippen LogP contribution is -2.52. The quantitative estimate of drug-likeness (QED) is 0.316. The molecular weight excluding hydrogens is 442 g/mol. The van der Waals surface area contributed by atoms with Crippen LogP contribution in [0.1, 0.15) is 29.2 Å². The first-order chi connectivity index (χ1) is 17.0. The lowest BCUT2D eigenvalue weighted by atomic mass is 10.0. The van der Waals surface area contributed by atoms with Crippen LogP contribution in [0.25, 0.3) is 0 Å². The molecule has 1 aromatic heterocycles. The van der Waals surface area contributed by atoms with Crippen molar-refractivity contribution in [3.8, 4) is 5.75 Å². The number of carbonyl (C=O) groups is 2. The molecular formula is C27H33N5O3. The summed E-state index contributed by atoms with van der Waals surface area (Å²) in [5, 5.41) is 5.74. The molecule has 0 radical (unpaired) electrons. The van der Waals surface area contributed by atoms with Gasteiger partial charge in [-0.1, -0.05) is 42.5 Å². The third kappa shape index (κ3) is 8.20. The van der Waals surface area contributed by atoms with Crippen LogP contribution < -0.4 is 26.8 Å². The second-order valence-electron chi connectivity index (χ2n) is 8.25. The zero-order valence-electron chi connectivity index (χ0n) is 19.9. The fraction of sp³-hybridized carbons (Fsp3) is 0.296. The number of amides is 2. The molecule has 3 aromatic rings. The van der Waals surface area contributed by atoms with Gasteiger partial charge in [-0.15, -0.1) is 0 Å². The summed E-state index contributed by atoms with van der Waals surface area (Å²) in [5.74, 6) is 0.0775. The Kier molecular flexibility index (Phi) is 9.77. The molecule has 35 heavy (non-hydrogen) atoms. The highest BCUT2D eigenvalue weighted by atomic mass is 16.5. The van der Waals surface area contributed by atoms with Gasteiger partial charge in [-0.25, -0.2) is 0 Å². The number of nitrogens with zero attached hydrogens (tertiary/aromatic N) is 1. The third-order valence-corrected chi connectivity index (χ3v) is 5.55. The first kappa shape index (κ1) is 25.9. The minimum absolute atomic E-state index is 0.293. The van der Waals surface area contributed by atoms with Crippen LogP contribution in [0.3, 0.4) is 0 Å². The van der Waals surface area contributed by atoms with Gasteiger partial charge in [-0.2, -0.15) is 0 Å². The van der Waals surface area contributed by atoms with Crippen LogP contribution in [0.4, 0.5) is 0 Å². The Morgan fingerprint density at radius 2 is 1.60 bits per heavy atom. The highest BCUT2D eigenvalue weighted by Crippen LogP contribution is 2.13. The van der Waals surface area contributed by atoms with Crippen molar-refractivity contribution < 1.29 is 14.3 Å². The van der Waals surface area contributed by atoms with Gasteiger partial charge in [0.05, 0.1) is 12.6 Å². The summed E-state index contributed by atoms with van der Waals surface area (Å²) in [5.41, 5.74) is 15.5. The van der Waals surface area contributed by atoms with E-state index in [2.05, 4.69) is 15.6 Å². The summed E-state index contributed by atoms with van der Waals surface area (Å²) in [6.07, 6.45) is 3.98. The normalized spacial score (nSPS) is 12.4. The predicted molar refractivity (Wildman–Crippen MR) is 135 cm³/mol. The zero-order chi connectivity index (χ0) is 25.0. The number of benzene rings is 2. The topological polar surface area (TPSA) is 132 Å². The fourth-order valence-corrected chi connectivity index (χ4v) is 3.58. The van der Waals surface area contributed by atoms with E-state index in [0.717, 1.165) is 28.0 Å². The number of aromatic nitrogens is 1. The average Bonchev–Trinajstić information content (AvgIpc) is 2.89. The summed E-state index contributed by atoms with van der Waals surface area (Å²) in [7, 11) is 0. The molecule has 2 amide bonds. The second kappa shape index (κ2) is 13.2. The molecule has 2 unspecified atom stereocenters. The Morgan fingerprint density at radius 1 is 0.914 bits per heavy atom. The van der Waals surface area contributed by atoms with Crippen molar-refractivity contribution in [2.45, 2.75) is 44.9 Å². The standard InChI is InChI=1S/C27H33N5O3/c1-2-35-23-11-9-19(10-12-23)14-24(29)26(33)32-25(15-22-4-3-13-30-17-22)27(34)31-18-21-7-5-20(16-28)6-8-21/h3-13,17,24-25H,2,14-16,18,28-29H2,1H3,(H,31,34)(H,32,33). The Morgan fingerprint density at radius 3 is 2.23 bits per heavy atom. The van der Waals surface area contributed by atoms with Gasteiger partial charge < -0.3 is 26.8 Å². The van der Waals surface area contributed by atoms with Gasteiger partial charge in [0, 0.05) is 31.9 Å². The zero-order valence-corrected chi connectivity index (χ0v) is 19.9. The monoisotopic (exact) mass is 475 g/mol. The number of pyridine rings is 1. The molecule has 0 saturated carbocycles. The van der Waals surface area contributed by atoms with Crippen LogP contribution >= 0.6 is 0 Å². The smallest absolute Gasteiger partial charge is 0.243 e. The highest BCUT2D eigenvalue weighted by molar-refractivity contribution is 5.90. The molecule has 3 rings (SSSR count). The summed E-state index contributed by atoms with van der Waals surface area (Å²) in [6.45, 7) is 3.30. The number of hydrogen-bond donors (Lipinski definition) is 4. The van der Waals surface area contributed by atoms with Crippen molar-refractivity contribution in [2.75, 3.05) is 6.61 Å². The first-order valence-corrected chi connectivity index (χ1v) is 11.7. The SMILES string of the molecule is CCOc1ccc(CC(N)C(=O)NC(Cc2cccnc2)C(=O)NCc2ccc(CN)cc2)cc1. The summed E-state index contributed by atoms with van der Waals surface area (Å²) >= 11 is 0. The number of rotatable bonds is 12. The molecule has 0 spiro atoms. The molecule has 2 aromatic carbocycles. The molecule has 8 heteroatoms. The first-order valence-electron chi connectivity index (χ1n) is 11.7. The third-order valence-electron chi connectivity index (χ3n) is 5.55. The molecule has 0 aliphatic rings. The van der Waals surface area contributed by atoms with Crippen molar-refractivity contribution in [3.05, 3.63) is 95.3 Å². The molecule has 6 N–H and O–H groups in total. The van der Waals surface area contributed by atoms with Crippen LogP contribution in [0.15, 0.2) is 73.1 Å². The Bertz CT molecular complexity index is 1070. The average molecular weight is 476 g/mol. The van der Waals surface area contributed by atoms with Crippen LogP contribution in [0.5, 0.6) is 5.75 Å². The number of carbonyl (C=O) groups excluding carboxylic acids is 2. The minimum Gasteiger partial charge on any atom is -0.494 e. The maximum absolute atomic E-state index is 13.0. The molecule has 8 nitrogen and oxygen atoms in total. The van der Waals surface area contributed by atoms with E-state index < -0.39 is 18.0 Å². The van der Waals surface area contributed by atoms with E-state index in [4.69, 9.17) is 16.2 Å². The van der Waals surface area contributed by atoms with Crippen LogP contribution in [0.2, 0.25) is 0 Å². The van der Waals surface area contributed by atoms with Gasteiger partial charge >= 0.3 is 0 Å². The fourth-order valence-electron chi connectivity index (χ4n) is 3.58. The van der Waals surface area contributed by atoms with Crippen molar-refractivity contribution in [1.82, 2.24) is 15.6 Å². The van der Waals surface area contributed by atoms with Crippen LogP contribution in [-0.2, 0) is 35.5 Å². The van der Waals surface area contributed by atoms with Crippen LogP contribution in [0, 0.1) is 0 Å². The Balaban J connectivity index is 1.63. The molecule has 0 aliphatic carbocycles. The molecule has 1 heterocycles. The van der Waals surface area contributed by atoms with E-state index in [1.807, 2.05) is 61.5 Å². The van der Waals surface area contributed by atoms with E-state index in [0.29, 0.717) is 32.5 Å². The summed E-state index contributed by atoms with van der Waals surface area (Å²) in [6, 6.07) is 17.2. The number of hydrogen-bond acceptors (Lipinski definition) is 6. The molecule has 0 fully saturated rings. The van der Waals surface area contributed by atoms with Gasteiger partial charge in [0.2, 0.25) is 11.8 Å². The largest absolute Gasteiger partial charge is 0.494 e. The molecule has 0 saturated heterocycles. The van der Waals surface area contributed by atoms with Crippen molar-refractivity contribution in [3.63, 3.8) is 0 Å². The van der Waals surface area contributed by atoms with E-state index >= 15 is 0 Å². The minimum atomic E-state index is -0.805. The number of nitrogens with two attached hydrogens (primary N) is 2. The predicted octanol–water partition coefficient (Wildman–Crippen LogP) is 1.85. The summed E-state index contributed by atoms with van der Waals surface area (Å²) < 4.78 is 5.45. The number of nitrogens with one attached hydrogen (secondary N) is 2. The van der Waals surface area contributed by atoms with Gasteiger partial charge in [-0.05, 0) is 53.8 Å². The highest BCUT2D eigenvalue weighted by Gasteiger charge is 2.24. The molecule has 0 aliphatic heterocycles. The maximum Gasteiger partial charge on any atom is 0.243 e. The molecule has 184 valence electrons. The van der Waals surface area contributed by atoms with E-state index in [1.54, 1.807) is 18.5 Å². The van der Waals surface area contributed by atoms with Gasteiger partial charge in [0.1, 0.15) is 11.8 Å². The van der Waals surface area contributed by atoms with Crippen molar-refractivity contribution in [1.29, 1.82) is 0 Å². The van der Waals surface area contributed by atoms with Gasteiger partial charge in [-0.3, -0.25) is 14.6 Å². The van der Waals surface area contributed by atoms with E-state index in [1.165, 1.54) is 0 Å². The lowest BCUT2D eigenvalue weighted by molar-refractivity contribution is -0.129. The lowest BCUT2D eigenvalue weighted by Gasteiger charge is -2.21. The summed E-state index contributed by atoms with van der Waals surface area (Å²) in [4.78, 5) is 30.0. The van der Waals surface area contributed by atoms with E-state index in [9.17, 15) is 9.59 Å². The van der Waals surface area contributed by atoms with E-state index in [-0.39, 0.29) is 5.91 Å². The molecule has 0 bridgehead atoms. The Labute approximate surface area is 206 Å². The van der Waals surface area contributed by atoms with Crippen molar-refractivity contribution in [2.24, 2.45) is 11.5 Å². The molecule has 2 atom stereocenters.